The lowest BCUT2D eigenvalue weighted by atomic mass is 10.2. The molecule has 0 atom stereocenters. The summed E-state index contributed by atoms with van der Waals surface area (Å²) in [5.41, 5.74) is -1.01. The second kappa shape index (κ2) is 5.83. The number of rotatable bonds is 4. The maximum Gasteiger partial charge on any atom is 0.350 e. The number of aromatic nitrogens is 3. The lowest BCUT2D eigenvalue weighted by Crippen LogP contribution is -2.29. The number of hydrogen-bond acceptors (Lipinski definition) is 5. The van der Waals surface area contributed by atoms with Crippen LogP contribution in [0, 0.1) is 0 Å². The largest absolute Gasteiger partial charge is 0.495 e. The molecule has 0 saturated carbocycles. The van der Waals surface area contributed by atoms with Gasteiger partial charge in [-0.05, 0) is 12.1 Å². The minimum atomic E-state index is -0.797. The van der Waals surface area contributed by atoms with E-state index >= 15 is 0 Å². The Hall–Kier alpha value is -2.90. The monoisotopic (exact) mass is 276 g/mol. The lowest BCUT2D eigenvalue weighted by molar-refractivity contribution is -0.115. The van der Waals surface area contributed by atoms with Gasteiger partial charge in [-0.3, -0.25) is 14.8 Å². The highest BCUT2D eigenvalue weighted by atomic mass is 16.5. The van der Waals surface area contributed by atoms with Gasteiger partial charge in [-0.25, -0.2) is 9.59 Å². The summed E-state index contributed by atoms with van der Waals surface area (Å²) < 4.78 is 5.09. The van der Waals surface area contributed by atoms with Gasteiger partial charge < -0.3 is 10.1 Å². The van der Waals surface area contributed by atoms with Crippen LogP contribution in [0.5, 0.6) is 5.75 Å². The van der Waals surface area contributed by atoms with Crippen LogP contribution in [0.3, 0.4) is 0 Å². The van der Waals surface area contributed by atoms with E-state index in [1.54, 1.807) is 24.3 Å². The third kappa shape index (κ3) is 3.31. The SMILES string of the molecule is COc1ccccc1NC(=O)Cc1nc(=O)[nH]c(=O)[nH]1. The van der Waals surface area contributed by atoms with Gasteiger partial charge in [0.2, 0.25) is 5.91 Å². The van der Waals surface area contributed by atoms with Gasteiger partial charge in [-0.1, -0.05) is 12.1 Å². The molecule has 2 rings (SSSR count). The molecule has 0 unspecified atom stereocenters. The number of para-hydroxylation sites is 2. The van der Waals surface area contributed by atoms with Crippen molar-refractivity contribution in [1.29, 1.82) is 0 Å². The topological polar surface area (TPSA) is 117 Å². The van der Waals surface area contributed by atoms with Gasteiger partial charge in [0.1, 0.15) is 11.6 Å². The number of benzene rings is 1. The molecule has 1 amide bonds. The molecule has 20 heavy (non-hydrogen) atoms. The van der Waals surface area contributed by atoms with Crippen molar-refractivity contribution >= 4 is 11.6 Å². The van der Waals surface area contributed by atoms with Gasteiger partial charge in [-0.2, -0.15) is 4.98 Å². The fourth-order valence-corrected chi connectivity index (χ4v) is 1.62. The summed E-state index contributed by atoms with van der Waals surface area (Å²) in [6.45, 7) is 0. The Kier molecular flexibility index (Phi) is 3.94. The highest BCUT2D eigenvalue weighted by molar-refractivity contribution is 5.93. The number of anilines is 1. The molecule has 0 bridgehead atoms. The van der Waals surface area contributed by atoms with Crippen molar-refractivity contribution in [3.63, 3.8) is 0 Å². The molecule has 1 aromatic heterocycles. The average Bonchev–Trinajstić information content (AvgIpc) is 2.37. The predicted octanol–water partition coefficient (Wildman–Crippen LogP) is -0.352. The van der Waals surface area contributed by atoms with E-state index in [2.05, 4.69) is 15.3 Å². The number of aromatic amines is 2. The molecule has 0 saturated heterocycles. The van der Waals surface area contributed by atoms with Crippen LogP contribution in [0.25, 0.3) is 0 Å². The van der Waals surface area contributed by atoms with Crippen molar-refractivity contribution in [2.24, 2.45) is 0 Å². The Morgan fingerprint density at radius 3 is 2.75 bits per heavy atom. The first-order valence-corrected chi connectivity index (χ1v) is 5.71. The fraction of sp³-hybridized carbons (Fsp3) is 0.167. The average molecular weight is 276 g/mol. The third-order valence-electron chi connectivity index (χ3n) is 2.42. The molecule has 0 aliphatic heterocycles. The van der Waals surface area contributed by atoms with Crippen molar-refractivity contribution in [1.82, 2.24) is 15.0 Å². The Balaban J connectivity index is 2.13. The lowest BCUT2D eigenvalue weighted by Gasteiger charge is -2.09. The zero-order valence-electron chi connectivity index (χ0n) is 10.6. The molecule has 1 aromatic carbocycles. The van der Waals surface area contributed by atoms with E-state index in [-0.39, 0.29) is 12.2 Å². The Labute approximate surface area is 112 Å². The zero-order chi connectivity index (χ0) is 14.5. The normalized spacial score (nSPS) is 10.1. The van der Waals surface area contributed by atoms with E-state index in [0.29, 0.717) is 11.4 Å². The van der Waals surface area contributed by atoms with Crippen molar-refractivity contribution in [3.05, 3.63) is 51.1 Å². The number of nitrogens with one attached hydrogen (secondary N) is 3. The summed E-state index contributed by atoms with van der Waals surface area (Å²) in [5, 5.41) is 2.61. The van der Waals surface area contributed by atoms with Gasteiger partial charge in [0.05, 0.1) is 19.2 Å². The molecular weight excluding hydrogens is 264 g/mol. The summed E-state index contributed by atoms with van der Waals surface area (Å²) in [4.78, 5) is 41.6. The van der Waals surface area contributed by atoms with Crippen molar-refractivity contribution in [2.45, 2.75) is 6.42 Å². The Morgan fingerprint density at radius 1 is 1.30 bits per heavy atom. The molecule has 0 aliphatic carbocycles. The van der Waals surface area contributed by atoms with Gasteiger partial charge in [-0.15, -0.1) is 0 Å². The molecule has 0 radical (unpaired) electrons. The highest BCUT2D eigenvalue weighted by Gasteiger charge is 2.09. The predicted molar refractivity (Wildman–Crippen MR) is 70.8 cm³/mol. The first-order chi connectivity index (χ1) is 9.58. The molecule has 0 fully saturated rings. The minimum absolute atomic E-state index is 0.00820. The van der Waals surface area contributed by atoms with Crippen LogP contribution in [0.15, 0.2) is 33.9 Å². The maximum atomic E-state index is 11.8. The Bertz CT molecular complexity index is 706. The second-order valence-electron chi connectivity index (χ2n) is 3.87. The number of methoxy groups -OCH3 is 1. The maximum absolute atomic E-state index is 11.8. The van der Waals surface area contributed by atoms with Crippen molar-refractivity contribution < 1.29 is 9.53 Å². The van der Waals surface area contributed by atoms with E-state index in [1.807, 2.05) is 4.98 Å². The summed E-state index contributed by atoms with van der Waals surface area (Å²) in [5.74, 6) is 0.0719. The first kappa shape index (κ1) is 13.5. The summed E-state index contributed by atoms with van der Waals surface area (Å²) in [7, 11) is 1.49. The number of nitrogens with zero attached hydrogens (tertiary/aromatic N) is 1. The summed E-state index contributed by atoms with van der Waals surface area (Å²) in [6.07, 6.45) is -0.225. The van der Waals surface area contributed by atoms with Crippen LogP contribution < -0.4 is 21.4 Å². The number of hydrogen-bond donors (Lipinski definition) is 3. The van der Waals surface area contributed by atoms with Crippen molar-refractivity contribution in [2.75, 3.05) is 12.4 Å². The standard InChI is InChI=1S/C12H12N4O4/c1-20-8-5-3-2-4-7(8)13-10(17)6-9-14-11(18)16-12(19)15-9/h2-5H,6H2,1H3,(H,13,17)(H2,14,15,16,18,19). The van der Waals surface area contributed by atoms with Crippen molar-refractivity contribution in [3.8, 4) is 5.75 Å². The molecule has 104 valence electrons. The molecule has 1 heterocycles. The van der Waals surface area contributed by atoms with Gasteiger partial charge in [0, 0.05) is 0 Å². The third-order valence-corrected chi connectivity index (χ3v) is 2.42. The number of amides is 1. The number of carbonyl (C=O) groups excluding carboxylic acids is 1. The Morgan fingerprint density at radius 2 is 2.05 bits per heavy atom. The minimum Gasteiger partial charge on any atom is -0.495 e. The summed E-state index contributed by atoms with van der Waals surface area (Å²) in [6, 6.07) is 6.88. The summed E-state index contributed by atoms with van der Waals surface area (Å²) >= 11 is 0. The van der Waals surface area contributed by atoms with E-state index in [4.69, 9.17) is 4.74 Å². The molecular formula is C12H12N4O4. The van der Waals surface area contributed by atoms with Gasteiger partial charge in [0.25, 0.3) is 0 Å². The van der Waals surface area contributed by atoms with Crippen LogP contribution in [0.1, 0.15) is 5.82 Å². The van der Waals surface area contributed by atoms with Gasteiger partial charge in [0.15, 0.2) is 0 Å². The van der Waals surface area contributed by atoms with Crippen LogP contribution >= 0.6 is 0 Å². The fourth-order valence-electron chi connectivity index (χ4n) is 1.62. The number of carbonyl (C=O) groups is 1. The van der Waals surface area contributed by atoms with E-state index in [0.717, 1.165) is 0 Å². The van der Waals surface area contributed by atoms with Crippen LogP contribution in [0.2, 0.25) is 0 Å². The molecule has 8 nitrogen and oxygen atoms in total. The molecule has 3 N–H and O–H groups in total. The van der Waals surface area contributed by atoms with E-state index < -0.39 is 17.3 Å². The van der Waals surface area contributed by atoms with Crippen LogP contribution in [0.4, 0.5) is 5.69 Å². The molecule has 0 spiro atoms. The quantitative estimate of drug-likeness (QED) is 0.705. The molecule has 0 aliphatic rings. The second-order valence-corrected chi connectivity index (χ2v) is 3.87. The smallest absolute Gasteiger partial charge is 0.350 e. The number of H-pyrrole nitrogens is 2. The van der Waals surface area contributed by atoms with Crippen LogP contribution in [-0.4, -0.2) is 28.0 Å². The van der Waals surface area contributed by atoms with Crippen LogP contribution in [-0.2, 0) is 11.2 Å². The van der Waals surface area contributed by atoms with E-state index in [9.17, 15) is 14.4 Å². The zero-order valence-corrected chi connectivity index (χ0v) is 10.6. The highest BCUT2D eigenvalue weighted by Crippen LogP contribution is 2.22. The number of ether oxygens (including phenoxy) is 1. The first-order valence-electron chi connectivity index (χ1n) is 5.71. The van der Waals surface area contributed by atoms with Gasteiger partial charge >= 0.3 is 11.4 Å². The molecule has 2 aromatic rings. The molecule has 8 heteroatoms. The van der Waals surface area contributed by atoms with E-state index in [1.165, 1.54) is 7.11 Å².